The molecule has 0 bridgehead atoms. The number of ether oxygens (including phenoxy) is 1. The van der Waals surface area contributed by atoms with Gasteiger partial charge in [0.1, 0.15) is 11.5 Å². The number of aliphatic hydroxyl groups excluding tert-OH is 1. The van der Waals surface area contributed by atoms with Crippen LogP contribution in [0.3, 0.4) is 0 Å². The lowest BCUT2D eigenvalue weighted by Crippen LogP contribution is -2.38. The zero-order valence-electron chi connectivity index (χ0n) is 27.7. The quantitative estimate of drug-likeness (QED) is 0.0854. The normalized spacial score (nSPS) is 12.8. The number of carbonyl (C=O) groups is 3. The van der Waals surface area contributed by atoms with Crippen molar-refractivity contribution in [1.29, 1.82) is 0 Å². The van der Waals surface area contributed by atoms with Crippen LogP contribution in [0.5, 0.6) is 11.5 Å². The summed E-state index contributed by atoms with van der Waals surface area (Å²) in [5.41, 5.74) is -0.294. The number of nitrogens with zero attached hydrogens (tertiary/aromatic N) is 1. The summed E-state index contributed by atoms with van der Waals surface area (Å²) < 4.78 is 5.61. The topological polar surface area (TPSA) is 202 Å². The summed E-state index contributed by atoms with van der Waals surface area (Å²) >= 11 is 0. The lowest BCUT2D eigenvalue weighted by molar-refractivity contribution is -0.155. The van der Waals surface area contributed by atoms with Gasteiger partial charge in [-0.05, 0) is 53.1 Å². The summed E-state index contributed by atoms with van der Waals surface area (Å²) in [6, 6.07) is 26.8. The van der Waals surface area contributed by atoms with E-state index in [4.69, 9.17) is 4.74 Å². The second-order valence-corrected chi connectivity index (χ2v) is 11.9. The number of hydrogen-bond acceptors (Lipinski definition) is 9. The first-order valence-electron chi connectivity index (χ1n) is 16.1. The van der Waals surface area contributed by atoms with Gasteiger partial charge in [-0.15, -0.1) is 0 Å². The van der Waals surface area contributed by atoms with Crippen molar-refractivity contribution >= 4 is 28.7 Å². The number of aromatic hydroxyl groups is 1. The van der Waals surface area contributed by atoms with E-state index in [-0.39, 0.29) is 71.8 Å². The van der Waals surface area contributed by atoms with E-state index in [1.807, 2.05) is 0 Å². The Balaban J connectivity index is 1.05. The predicted octanol–water partition coefficient (Wildman–Crippen LogP) is 2.64. The van der Waals surface area contributed by atoms with Crippen LogP contribution in [0.15, 0.2) is 108 Å². The molecule has 5 rings (SSSR count). The highest BCUT2D eigenvalue weighted by Gasteiger charge is 2.40. The number of aliphatic hydroxyl groups is 2. The molecule has 1 aromatic heterocycles. The van der Waals surface area contributed by atoms with Gasteiger partial charge >= 0.3 is 5.97 Å². The maximum absolute atomic E-state index is 12.7. The van der Waals surface area contributed by atoms with Crippen molar-refractivity contribution in [1.82, 2.24) is 20.5 Å². The lowest BCUT2D eigenvalue weighted by atomic mass is 9.86. The molecule has 13 heteroatoms. The first-order chi connectivity index (χ1) is 24.5. The summed E-state index contributed by atoms with van der Waals surface area (Å²) in [6.07, 6.45) is -0.905. The third kappa shape index (κ3) is 8.59. The van der Waals surface area contributed by atoms with Crippen molar-refractivity contribution in [2.24, 2.45) is 0 Å². The van der Waals surface area contributed by atoms with E-state index < -0.39 is 17.7 Å². The first-order valence-corrected chi connectivity index (χ1v) is 16.1. The number of carbonyl (C=O) groups excluding carboxylic acids is 2. The summed E-state index contributed by atoms with van der Waals surface area (Å²) in [7, 11) is 1.57. The second-order valence-electron chi connectivity index (χ2n) is 11.9. The average Bonchev–Trinajstić information content (AvgIpc) is 3.14. The summed E-state index contributed by atoms with van der Waals surface area (Å²) in [5, 5.41) is 48.3. The van der Waals surface area contributed by atoms with Crippen LogP contribution in [0.25, 0.3) is 10.9 Å². The molecule has 0 aliphatic rings. The number of aromatic nitrogens is 1. The van der Waals surface area contributed by atoms with Crippen molar-refractivity contribution in [2.45, 2.75) is 18.2 Å². The third-order valence-corrected chi connectivity index (χ3v) is 8.42. The van der Waals surface area contributed by atoms with Gasteiger partial charge in [0, 0.05) is 55.8 Å². The molecule has 5 aromatic rings. The van der Waals surface area contributed by atoms with Crippen molar-refractivity contribution < 1.29 is 39.5 Å². The number of benzene rings is 4. The van der Waals surface area contributed by atoms with Gasteiger partial charge in [-0.2, -0.15) is 0 Å². The molecule has 13 nitrogen and oxygen atoms in total. The number of phenols is 1. The van der Waals surface area contributed by atoms with Crippen molar-refractivity contribution in [3.63, 3.8) is 0 Å². The van der Waals surface area contributed by atoms with Crippen molar-refractivity contribution in [2.75, 3.05) is 33.3 Å². The number of phenolic OH excluding ortho intramolecular Hbond substituents is 1. The number of aromatic amines is 1. The fourth-order valence-electron chi connectivity index (χ4n) is 5.51. The van der Waals surface area contributed by atoms with Gasteiger partial charge in [0.15, 0.2) is 6.61 Å². The molecule has 2 amide bonds. The molecule has 1 heterocycles. The van der Waals surface area contributed by atoms with Gasteiger partial charge in [0.25, 0.3) is 11.8 Å². The van der Waals surface area contributed by atoms with Crippen LogP contribution < -0.4 is 20.9 Å². The highest BCUT2D eigenvalue weighted by molar-refractivity contribution is 5.94. The molecule has 7 N–H and O–H groups in total. The minimum atomic E-state index is -2.31. The summed E-state index contributed by atoms with van der Waals surface area (Å²) in [4.78, 5) is 53.1. The molecule has 0 saturated heterocycles. The molecule has 264 valence electrons. The highest BCUT2D eigenvalue weighted by atomic mass is 16.5. The lowest BCUT2D eigenvalue weighted by Gasteiger charge is -2.25. The van der Waals surface area contributed by atoms with Crippen LogP contribution in [0.1, 0.15) is 38.7 Å². The highest BCUT2D eigenvalue weighted by Crippen LogP contribution is 2.32. The molecule has 0 fully saturated rings. The summed E-state index contributed by atoms with van der Waals surface area (Å²) in [5.74, 6) is -2.02. The number of H-pyrrole nitrogens is 1. The van der Waals surface area contributed by atoms with E-state index in [9.17, 15) is 39.6 Å². The standard InChI is InChI=1S/C38H38N4O9/c1-42(34(46)23-51-28-9-5-8-27(20-28)38(50,37(48)49)26-6-3-2-4-7-26)19-18-40-36(47)25-12-10-24(11-13-25)21-39-22-32(44)29-14-16-31(43)35-30(29)15-17-33(45)41-35/h2-17,20,32,39,43-44,50H,18-19,21-23H2,1H3,(H,40,47)(H,41,45)(H,48,49). The van der Waals surface area contributed by atoms with E-state index in [0.29, 0.717) is 23.1 Å². The van der Waals surface area contributed by atoms with Gasteiger partial charge in [-0.3, -0.25) is 14.4 Å². The Labute approximate surface area is 292 Å². The number of likely N-dealkylation sites (N-methyl/N-ethyl adjacent to an activating group) is 1. The molecule has 51 heavy (non-hydrogen) atoms. The number of aliphatic carboxylic acids is 1. The smallest absolute Gasteiger partial charge is 0.345 e. The maximum Gasteiger partial charge on any atom is 0.345 e. The van der Waals surface area contributed by atoms with Crippen LogP contribution >= 0.6 is 0 Å². The molecule has 4 aromatic carbocycles. The zero-order chi connectivity index (χ0) is 36.5. The number of hydrogen-bond donors (Lipinski definition) is 7. The Morgan fingerprint density at radius 3 is 2.37 bits per heavy atom. The van der Waals surface area contributed by atoms with Crippen LogP contribution in [0.2, 0.25) is 0 Å². The Bertz CT molecular complexity index is 2070. The number of rotatable bonds is 15. The Kier molecular flexibility index (Phi) is 11.5. The Morgan fingerprint density at radius 1 is 0.922 bits per heavy atom. The molecule has 0 radical (unpaired) electrons. The number of amides is 2. The zero-order valence-corrected chi connectivity index (χ0v) is 27.7. The van der Waals surface area contributed by atoms with Gasteiger partial charge in [0.2, 0.25) is 11.2 Å². The van der Waals surface area contributed by atoms with E-state index in [2.05, 4.69) is 15.6 Å². The van der Waals surface area contributed by atoms with Crippen molar-refractivity contribution in [3.8, 4) is 11.5 Å². The molecule has 0 aliphatic heterocycles. The van der Waals surface area contributed by atoms with Crippen LogP contribution in [0, 0.1) is 0 Å². The van der Waals surface area contributed by atoms with Gasteiger partial charge in [0.05, 0.1) is 11.6 Å². The van der Waals surface area contributed by atoms with E-state index in [1.165, 1.54) is 47.4 Å². The molecule has 0 spiro atoms. The van der Waals surface area contributed by atoms with E-state index >= 15 is 0 Å². The number of pyridine rings is 1. The SMILES string of the molecule is CN(CCNC(=O)c1ccc(CNCC(O)c2ccc(O)c3[nH]c(=O)ccc23)cc1)C(=O)COc1cccc(C(O)(C(=O)O)c2ccccc2)c1. The molecule has 2 atom stereocenters. The fourth-order valence-corrected chi connectivity index (χ4v) is 5.51. The predicted molar refractivity (Wildman–Crippen MR) is 188 cm³/mol. The third-order valence-electron chi connectivity index (χ3n) is 8.42. The summed E-state index contributed by atoms with van der Waals surface area (Å²) in [6.45, 7) is 0.660. The van der Waals surface area contributed by atoms with Crippen LogP contribution in [-0.4, -0.2) is 81.4 Å². The average molecular weight is 695 g/mol. The van der Waals surface area contributed by atoms with Gasteiger partial charge in [-0.1, -0.05) is 60.7 Å². The molecule has 2 unspecified atom stereocenters. The molecule has 0 aliphatic carbocycles. The molecule has 0 saturated carbocycles. The van der Waals surface area contributed by atoms with Gasteiger partial charge in [-0.25, -0.2) is 4.79 Å². The number of carboxylic acid groups (broad SMARTS) is 1. The minimum absolute atomic E-state index is 0.0742. The first kappa shape index (κ1) is 36.3. The number of carboxylic acids is 1. The maximum atomic E-state index is 12.7. The molecular weight excluding hydrogens is 656 g/mol. The largest absolute Gasteiger partial charge is 0.506 e. The van der Waals surface area contributed by atoms with E-state index in [1.54, 1.807) is 67.7 Å². The van der Waals surface area contributed by atoms with Crippen LogP contribution in [-0.2, 0) is 21.7 Å². The number of nitrogens with one attached hydrogen (secondary N) is 3. The number of fused-ring (bicyclic) bond motifs is 1. The van der Waals surface area contributed by atoms with Gasteiger partial charge < -0.3 is 45.7 Å². The monoisotopic (exact) mass is 694 g/mol. The Hall–Kier alpha value is -6.02. The second kappa shape index (κ2) is 16.1. The van der Waals surface area contributed by atoms with Crippen LogP contribution in [0.4, 0.5) is 0 Å². The minimum Gasteiger partial charge on any atom is -0.506 e. The molecular formula is C38H38N4O9. The van der Waals surface area contributed by atoms with E-state index in [0.717, 1.165) is 5.56 Å². The Morgan fingerprint density at radius 2 is 1.65 bits per heavy atom. The van der Waals surface area contributed by atoms with Crippen molar-refractivity contribution in [3.05, 3.63) is 141 Å². The fraction of sp³-hybridized carbons (Fsp3) is 0.211.